The molecule has 0 atom stereocenters. The van der Waals surface area contributed by atoms with E-state index in [1.54, 1.807) is 32.9 Å². The molecule has 0 saturated carbocycles. The second kappa shape index (κ2) is 12.6. The maximum atomic E-state index is 13.1. The number of nitrogens with two attached hydrogens (primary N) is 1. The molecule has 0 bridgehead atoms. The van der Waals surface area contributed by atoms with Crippen molar-refractivity contribution < 1.29 is 27.6 Å². The molecule has 4 rings (SSSR count). The molecule has 1 saturated heterocycles. The van der Waals surface area contributed by atoms with E-state index in [0.717, 1.165) is 10.5 Å². The predicted molar refractivity (Wildman–Crippen MR) is 159 cm³/mol. The molecule has 3 N–H and O–H groups in total. The van der Waals surface area contributed by atoms with E-state index in [1.807, 2.05) is 26.0 Å². The number of amidine groups is 1. The van der Waals surface area contributed by atoms with Crippen LogP contribution in [0.25, 0.3) is 17.2 Å². The Hall–Kier alpha value is -3.75. The topological polar surface area (TPSA) is 161 Å². The minimum atomic E-state index is -3.87. The summed E-state index contributed by atoms with van der Waals surface area (Å²) in [6.07, 6.45) is 5.07. The summed E-state index contributed by atoms with van der Waals surface area (Å²) in [5.74, 6) is 0.00183. The standard InChI is InChI=1S/C28H39N7O6S/c1-6-10-34(40-7-2)26(36)22-11-21-9-8-20(12-24(21)32-25(29)13-22)23-15-31-35(18-23)42(38,39)33-16-19(17-33)14-30-27(37)41-28(3,4)5/h8-9,11-12,15,18-19H,6-7,10,13-14,16-17H2,1-5H3,(H2,29,32)(H,30,37). The fourth-order valence-corrected chi connectivity index (χ4v) is 5.98. The molecular weight excluding hydrogens is 562 g/mol. The lowest BCUT2D eigenvalue weighted by atomic mass is 10.0. The van der Waals surface area contributed by atoms with E-state index in [9.17, 15) is 18.0 Å². The highest BCUT2D eigenvalue weighted by Crippen LogP contribution is 2.32. The molecule has 1 fully saturated rings. The first-order valence-electron chi connectivity index (χ1n) is 14.0. The smallest absolute Gasteiger partial charge is 0.407 e. The number of amides is 2. The maximum Gasteiger partial charge on any atom is 0.407 e. The van der Waals surface area contributed by atoms with Gasteiger partial charge in [0.2, 0.25) is 0 Å². The highest BCUT2D eigenvalue weighted by Gasteiger charge is 2.37. The number of ether oxygens (including phenoxy) is 1. The number of aromatic nitrogens is 2. The highest BCUT2D eigenvalue weighted by atomic mass is 32.2. The van der Waals surface area contributed by atoms with Gasteiger partial charge in [-0.25, -0.2) is 14.9 Å². The monoisotopic (exact) mass is 601 g/mol. The second-order valence-corrected chi connectivity index (χ2v) is 13.0. The van der Waals surface area contributed by atoms with Crippen LogP contribution in [0.3, 0.4) is 0 Å². The van der Waals surface area contributed by atoms with Crippen LogP contribution in [0.5, 0.6) is 0 Å². The number of fused-ring (bicyclic) bond motifs is 1. The second-order valence-electron chi connectivity index (χ2n) is 11.2. The Bertz CT molecular complexity index is 1480. The number of alkyl carbamates (subject to hydrolysis) is 1. The van der Waals surface area contributed by atoms with Crippen molar-refractivity contribution in [2.24, 2.45) is 16.6 Å². The van der Waals surface area contributed by atoms with Crippen molar-refractivity contribution in [3.8, 4) is 11.1 Å². The number of nitrogens with zero attached hydrogens (tertiary/aromatic N) is 5. The third-order valence-corrected chi connectivity index (χ3v) is 8.15. The lowest BCUT2D eigenvalue weighted by Crippen LogP contribution is -2.55. The van der Waals surface area contributed by atoms with Crippen molar-refractivity contribution in [2.75, 3.05) is 32.8 Å². The molecule has 2 aromatic rings. The van der Waals surface area contributed by atoms with Crippen LogP contribution in [0.2, 0.25) is 0 Å². The van der Waals surface area contributed by atoms with Crippen molar-refractivity contribution in [1.29, 1.82) is 0 Å². The summed E-state index contributed by atoms with van der Waals surface area (Å²) >= 11 is 0. The van der Waals surface area contributed by atoms with Gasteiger partial charge in [0.1, 0.15) is 11.4 Å². The number of benzene rings is 1. The van der Waals surface area contributed by atoms with Gasteiger partial charge in [-0.2, -0.15) is 21.9 Å². The van der Waals surface area contributed by atoms with E-state index in [4.69, 9.17) is 15.3 Å². The summed E-state index contributed by atoms with van der Waals surface area (Å²) in [5.41, 5.74) is 8.58. The number of hydrogen-bond donors (Lipinski definition) is 2. The largest absolute Gasteiger partial charge is 0.444 e. The Morgan fingerprint density at radius 1 is 1.19 bits per heavy atom. The normalized spacial score (nSPS) is 16.0. The molecule has 13 nitrogen and oxygen atoms in total. The lowest BCUT2D eigenvalue weighted by molar-refractivity contribution is -0.180. The maximum absolute atomic E-state index is 13.1. The van der Waals surface area contributed by atoms with Gasteiger partial charge in [0, 0.05) is 55.2 Å². The first-order valence-corrected chi connectivity index (χ1v) is 15.4. The average Bonchev–Trinajstić information content (AvgIpc) is 3.31. The van der Waals surface area contributed by atoms with Gasteiger partial charge in [0.05, 0.1) is 24.7 Å². The summed E-state index contributed by atoms with van der Waals surface area (Å²) in [6, 6.07) is 5.42. The SMILES string of the molecule is CCCN(OCC)C(=O)C1=Cc2ccc(-c3cnn(S(=O)(=O)N4CC(CNC(=O)OC(C)(C)C)C4)c3)cc2N=C(N)C1. The Morgan fingerprint density at radius 3 is 2.60 bits per heavy atom. The summed E-state index contributed by atoms with van der Waals surface area (Å²) in [5, 5.41) is 8.14. The number of nitrogens with one attached hydrogen (secondary N) is 1. The van der Waals surface area contributed by atoms with Crippen LogP contribution in [-0.2, 0) is 24.6 Å². The van der Waals surface area contributed by atoms with Crippen molar-refractivity contribution in [2.45, 2.75) is 53.1 Å². The van der Waals surface area contributed by atoms with Crippen molar-refractivity contribution in [3.05, 3.63) is 41.7 Å². The summed E-state index contributed by atoms with van der Waals surface area (Å²) < 4.78 is 33.7. The number of carbonyl (C=O) groups excluding carboxylic acids is 2. The number of carbonyl (C=O) groups is 2. The van der Waals surface area contributed by atoms with Gasteiger partial charge in [0.15, 0.2) is 0 Å². The lowest BCUT2D eigenvalue weighted by Gasteiger charge is -2.37. The summed E-state index contributed by atoms with van der Waals surface area (Å²) in [4.78, 5) is 35.0. The quantitative estimate of drug-likeness (QED) is 0.393. The number of hydroxylamine groups is 2. The highest BCUT2D eigenvalue weighted by molar-refractivity contribution is 7.87. The Morgan fingerprint density at radius 2 is 1.93 bits per heavy atom. The molecule has 2 aliphatic rings. The molecule has 0 radical (unpaired) electrons. The molecule has 3 heterocycles. The van der Waals surface area contributed by atoms with Crippen molar-refractivity contribution >= 4 is 39.8 Å². The first-order chi connectivity index (χ1) is 19.8. The summed E-state index contributed by atoms with van der Waals surface area (Å²) in [6.45, 7) is 10.8. The minimum absolute atomic E-state index is 0.0253. The molecule has 2 amide bonds. The molecule has 14 heteroatoms. The number of hydrogen-bond acceptors (Lipinski definition) is 9. The predicted octanol–water partition coefficient (Wildman–Crippen LogP) is 3.07. The zero-order valence-electron chi connectivity index (χ0n) is 24.7. The Labute approximate surface area is 246 Å². The molecule has 42 heavy (non-hydrogen) atoms. The van der Waals surface area contributed by atoms with Gasteiger partial charge in [0.25, 0.3) is 5.91 Å². The van der Waals surface area contributed by atoms with E-state index < -0.39 is 21.9 Å². The third kappa shape index (κ3) is 7.36. The van der Waals surface area contributed by atoms with Gasteiger partial charge in [-0.3, -0.25) is 9.63 Å². The molecule has 0 spiro atoms. The zero-order chi connectivity index (χ0) is 30.7. The average molecular weight is 602 g/mol. The first kappa shape index (κ1) is 31.2. The van der Waals surface area contributed by atoms with Gasteiger partial charge >= 0.3 is 16.3 Å². The van der Waals surface area contributed by atoms with Crippen molar-refractivity contribution in [3.63, 3.8) is 0 Å². The van der Waals surface area contributed by atoms with Crippen LogP contribution in [0, 0.1) is 5.92 Å². The Kier molecular flexibility index (Phi) is 9.38. The fraction of sp³-hybridized carbons (Fsp3) is 0.500. The van der Waals surface area contributed by atoms with Gasteiger partial charge in [-0.05, 0) is 51.8 Å². The Balaban J connectivity index is 1.45. The van der Waals surface area contributed by atoms with Crippen LogP contribution in [0.1, 0.15) is 53.0 Å². The van der Waals surface area contributed by atoms with Crippen LogP contribution >= 0.6 is 0 Å². The van der Waals surface area contributed by atoms with Gasteiger partial charge in [-0.15, -0.1) is 0 Å². The van der Waals surface area contributed by atoms with Gasteiger partial charge < -0.3 is 15.8 Å². The van der Waals surface area contributed by atoms with Crippen LogP contribution in [0.4, 0.5) is 10.5 Å². The summed E-state index contributed by atoms with van der Waals surface area (Å²) in [7, 11) is -3.87. The van der Waals surface area contributed by atoms with Crippen LogP contribution < -0.4 is 11.1 Å². The molecule has 0 aliphatic carbocycles. The number of rotatable bonds is 10. The van der Waals surface area contributed by atoms with E-state index in [1.165, 1.54) is 21.8 Å². The molecule has 1 aromatic carbocycles. The molecule has 2 aliphatic heterocycles. The molecule has 1 aromatic heterocycles. The molecule has 228 valence electrons. The third-order valence-electron chi connectivity index (χ3n) is 6.52. The van der Waals surface area contributed by atoms with Crippen LogP contribution in [-0.4, -0.2) is 83.2 Å². The minimum Gasteiger partial charge on any atom is -0.444 e. The van der Waals surface area contributed by atoms with E-state index in [0.29, 0.717) is 47.6 Å². The van der Waals surface area contributed by atoms with E-state index >= 15 is 0 Å². The molecule has 0 unspecified atom stereocenters. The van der Waals surface area contributed by atoms with E-state index in [-0.39, 0.29) is 37.2 Å². The van der Waals surface area contributed by atoms with Crippen molar-refractivity contribution in [1.82, 2.24) is 23.9 Å². The van der Waals surface area contributed by atoms with Gasteiger partial charge in [-0.1, -0.05) is 19.1 Å². The van der Waals surface area contributed by atoms with E-state index in [2.05, 4.69) is 15.4 Å². The zero-order valence-corrected chi connectivity index (χ0v) is 25.5. The molecular formula is C28H39N7O6S. The fourth-order valence-electron chi connectivity index (χ4n) is 4.53. The van der Waals surface area contributed by atoms with Crippen LogP contribution in [0.15, 0.2) is 41.2 Å². The number of aliphatic imine (C=N–C) groups is 1.